The van der Waals surface area contributed by atoms with Crippen molar-refractivity contribution < 1.29 is 9.59 Å². The molecule has 1 aliphatic heterocycles. The summed E-state index contributed by atoms with van der Waals surface area (Å²) in [4.78, 5) is 40.5. The fraction of sp³-hybridized carbons (Fsp3) is 0.360. The van der Waals surface area contributed by atoms with Crippen LogP contribution in [-0.4, -0.2) is 48.7 Å². The monoisotopic (exact) mass is 476 g/mol. The Kier molecular flexibility index (Phi) is 5.95. The normalized spacial score (nSPS) is 16.9. The van der Waals surface area contributed by atoms with E-state index in [4.69, 9.17) is 0 Å². The van der Waals surface area contributed by atoms with Gasteiger partial charge in [0.1, 0.15) is 11.9 Å². The lowest BCUT2D eigenvalue weighted by molar-refractivity contribution is -0.138. The van der Waals surface area contributed by atoms with E-state index in [0.29, 0.717) is 6.54 Å². The first-order valence-electron chi connectivity index (χ1n) is 11.6. The lowest BCUT2D eigenvalue weighted by atomic mass is 10.0. The van der Waals surface area contributed by atoms with Crippen LogP contribution in [-0.2, 0) is 9.59 Å². The highest BCUT2D eigenvalue weighted by Crippen LogP contribution is 2.33. The minimum Gasteiger partial charge on any atom is -0.344 e. The number of likely N-dealkylation sites (tertiary alicyclic amines) is 1. The zero-order chi connectivity index (χ0) is 23.8. The molecule has 5 rings (SSSR count). The Labute approximate surface area is 202 Å². The molecular formula is C25H28N6O2S. The number of hydrogen-bond acceptors (Lipinski definition) is 5. The van der Waals surface area contributed by atoms with Gasteiger partial charge in [-0.15, -0.1) is 11.3 Å². The summed E-state index contributed by atoms with van der Waals surface area (Å²) in [7, 11) is 0. The van der Waals surface area contributed by atoms with Gasteiger partial charge in [-0.3, -0.25) is 14.0 Å². The molecule has 0 bridgehead atoms. The number of fused-ring (bicyclic) bond motifs is 1. The van der Waals surface area contributed by atoms with Crippen LogP contribution in [0.15, 0.2) is 48.2 Å². The number of carbonyl (C=O) groups excluding carboxylic acids is 2. The minimum absolute atomic E-state index is 0.00873. The van der Waals surface area contributed by atoms with Crippen molar-refractivity contribution in [3.05, 3.63) is 54.1 Å². The maximum absolute atomic E-state index is 13.3. The molecule has 0 saturated carbocycles. The van der Waals surface area contributed by atoms with E-state index in [1.54, 1.807) is 11.3 Å². The predicted molar refractivity (Wildman–Crippen MR) is 132 cm³/mol. The largest absolute Gasteiger partial charge is 0.344 e. The number of thiazole rings is 1. The second-order valence-corrected chi connectivity index (χ2v) is 9.96. The van der Waals surface area contributed by atoms with E-state index in [1.165, 1.54) is 6.92 Å². The highest BCUT2D eigenvalue weighted by atomic mass is 32.1. The van der Waals surface area contributed by atoms with E-state index in [2.05, 4.69) is 44.5 Å². The van der Waals surface area contributed by atoms with Crippen molar-refractivity contribution in [2.24, 2.45) is 5.92 Å². The molecule has 2 amide bonds. The minimum atomic E-state index is -0.529. The van der Waals surface area contributed by atoms with Gasteiger partial charge in [0.25, 0.3) is 0 Å². The molecule has 34 heavy (non-hydrogen) atoms. The number of amides is 2. The SMILES string of the molecule is CC(=O)N[C@H](C(=O)N1CCCC1c1ncc(-c2ccc(-c3cn4ccsc4n3)cc2)[nH]1)C(C)C. The topological polar surface area (TPSA) is 95.4 Å². The van der Waals surface area contributed by atoms with E-state index in [1.807, 2.05) is 47.1 Å². The van der Waals surface area contributed by atoms with Gasteiger partial charge in [0.2, 0.25) is 11.8 Å². The van der Waals surface area contributed by atoms with Crippen molar-refractivity contribution in [1.82, 2.24) is 29.6 Å². The van der Waals surface area contributed by atoms with Crippen molar-refractivity contribution in [1.29, 1.82) is 0 Å². The van der Waals surface area contributed by atoms with Crippen LogP contribution in [0.4, 0.5) is 0 Å². The number of aromatic amines is 1. The smallest absolute Gasteiger partial charge is 0.246 e. The van der Waals surface area contributed by atoms with E-state index < -0.39 is 6.04 Å². The van der Waals surface area contributed by atoms with Gasteiger partial charge in [0, 0.05) is 36.8 Å². The molecule has 4 aromatic rings. The van der Waals surface area contributed by atoms with E-state index in [9.17, 15) is 9.59 Å². The Morgan fingerprint density at radius 3 is 2.68 bits per heavy atom. The second-order valence-electron chi connectivity index (χ2n) is 9.09. The Bertz CT molecular complexity index is 1290. The average molecular weight is 477 g/mol. The van der Waals surface area contributed by atoms with Crippen LogP contribution >= 0.6 is 11.3 Å². The van der Waals surface area contributed by atoms with Gasteiger partial charge in [0.05, 0.1) is 23.6 Å². The summed E-state index contributed by atoms with van der Waals surface area (Å²) < 4.78 is 2.03. The zero-order valence-corrected chi connectivity index (χ0v) is 20.3. The fourth-order valence-electron chi connectivity index (χ4n) is 4.57. The van der Waals surface area contributed by atoms with Crippen LogP contribution in [0.1, 0.15) is 45.5 Å². The molecule has 1 saturated heterocycles. The van der Waals surface area contributed by atoms with Gasteiger partial charge in [-0.2, -0.15) is 0 Å². The van der Waals surface area contributed by atoms with Gasteiger partial charge < -0.3 is 15.2 Å². The number of H-pyrrole nitrogens is 1. The third-order valence-corrected chi connectivity index (χ3v) is 7.09. The molecule has 2 atom stereocenters. The van der Waals surface area contributed by atoms with Crippen LogP contribution in [0, 0.1) is 5.92 Å². The van der Waals surface area contributed by atoms with Crippen LogP contribution in [0.25, 0.3) is 27.5 Å². The van der Waals surface area contributed by atoms with Crippen molar-refractivity contribution >= 4 is 28.1 Å². The highest BCUT2D eigenvalue weighted by molar-refractivity contribution is 7.15. The van der Waals surface area contributed by atoms with Gasteiger partial charge in [0.15, 0.2) is 4.96 Å². The summed E-state index contributed by atoms with van der Waals surface area (Å²) in [5.41, 5.74) is 3.94. The number of imidazole rings is 2. The molecule has 176 valence electrons. The quantitative estimate of drug-likeness (QED) is 0.434. The molecule has 1 aromatic carbocycles. The molecular weight excluding hydrogens is 448 g/mol. The second kappa shape index (κ2) is 9.06. The number of nitrogens with one attached hydrogen (secondary N) is 2. The van der Waals surface area contributed by atoms with Crippen LogP contribution in [0.5, 0.6) is 0 Å². The fourth-order valence-corrected chi connectivity index (χ4v) is 5.27. The summed E-state index contributed by atoms with van der Waals surface area (Å²) in [6.07, 6.45) is 7.62. The van der Waals surface area contributed by atoms with Crippen molar-refractivity contribution in [3.8, 4) is 22.5 Å². The third-order valence-electron chi connectivity index (χ3n) is 6.32. The number of benzene rings is 1. The van der Waals surface area contributed by atoms with Crippen LogP contribution in [0.2, 0.25) is 0 Å². The Morgan fingerprint density at radius 2 is 1.97 bits per heavy atom. The van der Waals surface area contributed by atoms with Gasteiger partial charge in [-0.25, -0.2) is 9.97 Å². The lowest BCUT2D eigenvalue weighted by Crippen LogP contribution is -2.50. The molecule has 1 aliphatic rings. The number of hydrogen-bond donors (Lipinski definition) is 2. The summed E-state index contributed by atoms with van der Waals surface area (Å²) in [6.45, 7) is 6.01. The van der Waals surface area contributed by atoms with Crippen LogP contribution in [0.3, 0.4) is 0 Å². The summed E-state index contributed by atoms with van der Waals surface area (Å²) in [6, 6.07) is 7.60. The maximum atomic E-state index is 13.3. The first-order chi connectivity index (χ1) is 16.4. The summed E-state index contributed by atoms with van der Waals surface area (Å²) in [5, 5.41) is 4.84. The highest BCUT2D eigenvalue weighted by Gasteiger charge is 2.36. The summed E-state index contributed by atoms with van der Waals surface area (Å²) >= 11 is 1.62. The van der Waals surface area contributed by atoms with Crippen molar-refractivity contribution in [3.63, 3.8) is 0 Å². The molecule has 8 nitrogen and oxygen atoms in total. The molecule has 4 heterocycles. The summed E-state index contributed by atoms with van der Waals surface area (Å²) in [5.74, 6) is 0.552. The van der Waals surface area contributed by atoms with Crippen LogP contribution < -0.4 is 5.32 Å². The van der Waals surface area contributed by atoms with E-state index >= 15 is 0 Å². The molecule has 0 radical (unpaired) electrons. The molecule has 3 aromatic heterocycles. The zero-order valence-electron chi connectivity index (χ0n) is 19.5. The average Bonchev–Trinajstić information content (AvgIpc) is 3.59. The molecule has 9 heteroatoms. The maximum Gasteiger partial charge on any atom is 0.246 e. The van der Waals surface area contributed by atoms with Crippen molar-refractivity contribution in [2.45, 2.75) is 45.7 Å². The molecule has 0 aliphatic carbocycles. The molecule has 1 unspecified atom stereocenters. The van der Waals surface area contributed by atoms with Gasteiger partial charge in [-0.05, 0) is 24.3 Å². The predicted octanol–water partition coefficient (Wildman–Crippen LogP) is 4.28. The first-order valence-corrected chi connectivity index (χ1v) is 12.4. The standard InChI is InChI=1S/C25H28N6O2S/c1-15(2)22(27-16(3)32)24(33)31-10-4-5-21(31)23-26-13-19(28-23)17-6-8-18(9-7-17)20-14-30-11-12-34-25(30)29-20/h6-9,11-15,21-22H,4-5,10H2,1-3H3,(H,26,28)(H,27,32)/t21?,22-/m0/s1. The Morgan fingerprint density at radius 1 is 1.21 bits per heavy atom. The number of nitrogens with zero attached hydrogens (tertiary/aromatic N) is 4. The van der Waals surface area contributed by atoms with E-state index in [-0.39, 0.29) is 23.8 Å². The lowest BCUT2D eigenvalue weighted by Gasteiger charge is -2.30. The number of rotatable bonds is 6. The van der Waals surface area contributed by atoms with Gasteiger partial charge in [-0.1, -0.05) is 38.1 Å². The van der Waals surface area contributed by atoms with E-state index in [0.717, 1.165) is 46.1 Å². The Hall–Kier alpha value is -3.46. The Balaban J connectivity index is 1.34. The molecule has 1 fully saturated rings. The molecule has 2 N–H and O–H groups in total. The van der Waals surface area contributed by atoms with Crippen molar-refractivity contribution in [2.75, 3.05) is 6.54 Å². The van der Waals surface area contributed by atoms with Gasteiger partial charge >= 0.3 is 0 Å². The number of carbonyl (C=O) groups is 2. The molecule has 0 spiro atoms. The first kappa shape index (κ1) is 22.3. The third kappa shape index (κ3) is 4.23. The number of aromatic nitrogens is 4.